The summed E-state index contributed by atoms with van der Waals surface area (Å²) in [7, 11) is 0. The lowest BCUT2D eigenvalue weighted by atomic mass is 10.1. The summed E-state index contributed by atoms with van der Waals surface area (Å²) in [6.45, 7) is 3.01. The second-order valence-electron chi connectivity index (χ2n) is 7.54. The fourth-order valence-corrected chi connectivity index (χ4v) is 3.96. The van der Waals surface area contributed by atoms with Crippen molar-refractivity contribution in [1.82, 2.24) is 9.78 Å². The van der Waals surface area contributed by atoms with Crippen molar-refractivity contribution in [2.75, 3.05) is 23.4 Å². The van der Waals surface area contributed by atoms with E-state index in [-0.39, 0.29) is 18.9 Å². The number of hydrogen-bond acceptors (Lipinski definition) is 5. The van der Waals surface area contributed by atoms with E-state index in [2.05, 4.69) is 10.4 Å². The number of rotatable bonds is 5. The van der Waals surface area contributed by atoms with Crippen LogP contribution in [0.2, 0.25) is 10.0 Å². The molecule has 0 bridgehead atoms. The first kappa shape index (κ1) is 22.8. The van der Waals surface area contributed by atoms with Crippen LogP contribution in [0.25, 0.3) is 5.69 Å². The first-order valence-electron chi connectivity index (χ1n) is 10.1. The Kier molecular flexibility index (Phi) is 6.40. The number of nitrogens with zero attached hydrogens (tertiary/aromatic N) is 3. The molecule has 4 rings (SSSR count). The molecule has 8 nitrogen and oxygen atoms in total. The van der Waals surface area contributed by atoms with E-state index in [1.807, 2.05) is 6.92 Å². The fraction of sp³-hybridized carbons (Fsp3) is 0.217. The molecule has 0 saturated carbocycles. The molecule has 2 amide bonds. The van der Waals surface area contributed by atoms with Crippen LogP contribution in [0.5, 0.6) is 0 Å². The third kappa shape index (κ3) is 4.72. The van der Waals surface area contributed by atoms with Gasteiger partial charge in [-0.3, -0.25) is 19.3 Å². The van der Waals surface area contributed by atoms with Crippen LogP contribution in [-0.4, -0.2) is 40.7 Å². The number of aromatic nitrogens is 2. The molecule has 3 aromatic rings. The van der Waals surface area contributed by atoms with Crippen LogP contribution in [0.15, 0.2) is 42.5 Å². The van der Waals surface area contributed by atoms with Crippen molar-refractivity contribution >= 4 is 52.4 Å². The van der Waals surface area contributed by atoms with Gasteiger partial charge in [0.25, 0.3) is 5.91 Å². The van der Waals surface area contributed by atoms with Gasteiger partial charge in [0, 0.05) is 11.3 Å². The number of ether oxygens (including phenoxy) is 1. The van der Waals surface area contributed by atoms with E-state index in [4.69, 9.17) is 27.9 Å². The molecule has 1 N–H and O–H groups in total. The van der Waals surface area contributed by atoms with Gasteiger partial charge in [-0.2, -0.15) is 5.10 Å². The van der Waals surface area contributed by atoms with Crippen LogP contribution >= 0.6 is 23.2 Å². The zero-order valence-corrected chi connectivity index (χ0v) is 19.4. The van der Waals surface area contributed by atoms with Gasteiger partial charge in [0.05, 0.1) is 39.2 Å². The topological polar surface area (TPSA) is 93.5 Å². The largest absolute Gasteiger partial charge is 0.455 e. The number of nitrogens with one attached hydrogen (secondary N) is 1. The summed E-state index contributed by atoms with van der Waals surface area (Å²) in [6.07, 6.45) is -0.0522. The number of para-hydroxylation sites is 2. The maximum atomic E-state index is 12.7. The minimum Gasteiger partial charge on any atom is -0.455 e. The molecule has 1 aromatic heterocycles. The Morgan fingerprint density at radius 2 is 1.88 bits per heavy atom. The van der Waals surface area contributed by atoms with Crippen molar-refractivity contribution in [1.29, 1.82) is 0 Å². The van der Waals surface area contributed by atoms with Gasteiger partial charge in [-0.25, -0.2) is 4.68 Å². The van der Waals surface area contributed by atoms with Crippen molar-refractivity contribution in [3.8, 4) is 5.69 Å². The van der Waals surface area contributed by atoms with Crippen LogP contribution in [0.1, 0.15) is 17.0 Å². The normalized spacial score (nSPS) is 12.8. The average molecular weight is 487 g/mol. The molecular weight excluding hydrogens is 467 g/mol. The SMILES string of the molecule is Cc1nn(-c2ccc(Cl)c(Cl)c2)c(C)c1CC(=O)OCC(=O)N1CC(=O)Nc2ccccc21. The van der Waals surface area contributed by atoms with Crippen molar-refractivity contribution in [2.45, 2.75) is 20.3 Å². The quantitative estimate of drug-likeness (QED) is 0.552. The number of benzene rings is 2. The number of halogens is 2. The van der Waals surface area contributed by atoms with E-state index in [0.29, 0.717) is 38.4 Å². The van der Waals surface area contributed by atoms with Crippen LogP contribution in [0, 0.1) is 13.8 Å². The lowest BCUT2D eigenvalue weighted by Gasteiger charge is -2.28. The second-order valence-corrected chi connectivity index (χ2v) is 8.36. The van der Waals surface area contributed by atoms with Gasteiger partial charge in [0.1, 0.15) is 6.54 Å². The van der Waals surface area contributed by atoms with Crippen molar-refractivity contribution in [2.24, 2.45) is 0 Å². The van der Waals surface area contributed by atoms with E-state index in [0.717, 1.165) is 5.69 Å². The predicted octanol–water partition coefficient (Wildman–Crippen LogP) is 3.87. The number of fused-ring (bicyclic) bond motifs is 1. The summed E-state index contributed by atoms with van der Waals surface area (Å²) in [5, 5.41) is 8.04. The third-order valence-electron chi connectivity index (χ3n) is 5.34. The summed E-state index contributed by atoms with van der Waals surface area (Å²) in [5.74, 6) is -1.36. The lowest BCUT2D eigenvalue weighted by molar-refractivity contribution is -0.147. The number of amides is 2. The highest BCUT2D eigenvalue weighted by molar-refractivity contribution is 6.42. The zero-order chi connectivity index (χ0) is 23.7. The predicted molar refractivity (Wildman–Crippen MR) is 125 cm³/mol. The molecule has 1 aliphatic heterocycles. The molecule has 0 fully saturated rings. The molecule has 170 valence electrons. The van der Waals surface area contributed by atoms with Gasteiger partial charge in [-0.1, -0.05) is 35.3 Å². The van der Waals surface area contributed by atoms with Gasteiger partial charge < -0.3 is 10.1 Å². The van der Waals surface area contributed by atoms with Gasteiger partial charge in [0.15, 0.2) is 6.61 Å². The molecule has 0 atom stereocenters. The molecule has 2 aromatic carbocycles. The van der Waals surface area contributed by atoms with E-state index in [9.17, 15) is 14.4 Å². The van der Waals surface area contributed by atoms with Crippen molar-refractivity contribution < 1.29 is 19.1 Å². The molecule has 0 saturated heterocycles. The first-order valence-corrected chi connectivity index (χ1v) is 10.9. The summed E-state index contributed by atoms with van der Waals surface area (Å²) in [6, 6.07) is 12.1. The smallest absolute Gasteiger partial charge is 0.310 e. The van der Waals surface area contributed by atoms with Crippen molar-refractivity contribution in [3.05, 3.63) is 69.5 Å². The Balaban J connectivity index is 1.44. The summed E-state index contributed by atoms with van der Waals surface area (Å²) >= 11 is 12.1. The Labute approximate surface area is 200 Å². The molecular formula is C23H20Cl2N4O4. The molecule has 0 spiro atoms. The molecule has 2 heterocycles. The van der Waals surface area contributed by atoms with Crippen LogP contribution < -0.4 is 10.2 Å². The minimum absolute atomic E-state index is 0.0522. The van der Waals surface area contributed by atoms with Gasteiger partial charge in [0.2, 0.25) is 5.91 Å². The highest BCUT2D eigenvalue weighted by Crippen LogP contribution is 2.29. The maximum absolute atomic E-state index is 12.7. The number of carbonyl (C=O) groups excluding carboxylic acids is 3. The minimum atomic E-state index is -0.571. The average Bonchev–Trinajstić information content (AvgIpc) is 3.07. The number of anilines is 2. The molecule has 0 unspecified atom stereocenters. The monoisotopic (exact) mass is 486 g/mol. The highest BCUT2D eigenvalue weighted by atomic mass is 35.5. The molecule has 0 radical (unpaired) electrons. The summed E-state index contributed by atoms with van der Waals surface area (Å²) in [5.41, 5.74) is 3.91. The first-order chi connectivity index (χ1) is 15.7. The Morgan fingerprint density at radius 3 is 2.64 bits per heavy atom. The van der Waals surface area contributed by atoms with Crippen molar-refractivity contribution in [3.63, 3.8) is 0 Å². The molecule has 0 aliphatic carbocycles. The Bertz CT molecular complexity index is 1270. The van der Waals surface area contributed by atoms with E-state index in [1.165, 1.54) is 4.90 Å². The fourth-order valence-electron chi connectivity index (χ4n) is 3.67. The standard InChI is InChI=1S/C23H20Cl2N4O4/c1-13-16(14(2)29(27-13)15-7-8-17(24)18(25)9-15)10-23(32)33-12-22(31)28-11-21(30)26-19-5-3-4-6-20(19)28/h3-9H,10-12H2,1-2H3,(H,26,30). The third-order valence-corrected chi connectivity index (χ3v) is 6.08. The van der Waals surface area contributed by atoms with Crippen LogP contribution in [0.4, 0.5) is 11.4 Å². The Morgan fingerprint density at radius 1 is 1.12 bits per heavy atom. The molecule has 33 heavy (non-hydrogen) atoms. The zero-order valence-electron chi connectivity index (χ0n) is 17.9. The number of aryl methyl sites for hydroxylation is 1. The van der Waals surface area contributed by atoms with E-state index >= 15 is 0 Å². The van der Waals surface area contributed by atoms with E-state index in [1.54, 1.807) is 54.1 Å². The molecule has 1 aliphatic rings. The maximum Gasteiger partial charge on any atom is 0.310 e. The summed E-state index contributed by atoms with van der Waals surface area (Å²) in [4.78, 5) is 38.4. The number of esters is 1. The number of hydrogen-bond donors (Lipinski definition) is 1. The lowest BCUT2D eigenvalue weighted by Crippen LogP contribution is -2.44. The van der Waals surface area contributed by atoms with Gasteiger partial charge >= 0.3 is 5.97 Å². The summed E-state index contributed by atoms with van der Waals surface area (Å²) < 4.78 is 6.91. The Hall–Kier alpha value is -3.36. The highest BCUT2D eigenvalue weighted by Gasteiger charge is 2.27. The molecule has 10 heteroatoms. The van der Waals surface area contributed by atoms with Crippen LogP contribution in [-0.2, 0) is 25.5 Å². The van der Waals surface area contributed by atoms with Crippen LogP contribution in [0.3, 0.4) is 0 Å². The van der Waals surface area contributed by atoms with Gasteiger partial charge in [-0.15, -0.1) is 0 Å². The van der Waals surface area contributed by atoms with E-state index < -0.39 is 18.5 Å². The van der Waals surface area contributed by atoms with Gasteiger partial charge in [-0.05, 0) is 44.2 Å². The second kappa shape index (κ2) is 9.25. The number of carbonyl (C=O) groups is 3.